The van der Waals surface area contributed by atoms with Crippen LogP contribution >= 0.6 is 0 Å². The first-order valence-electron chi connectivity index (χ1n) is 8.64. The van der Waals surface area contributed by atoms with Crippen LogP contribution in [0.25, 0.3) is 0 Å². The van der Waals surface area contributed by atoms with E-state index in [0.29, 0.717) is 6.42 Å². The molecular weight excluding hydrogens is 295 g/mol. The molecule has 124 valence electrons. The summed E-state index contributed by atoms with van der Waals surface area (Å²) in [6.45, 7) is 2.26. The van der Waals surface area contributed by atoms with Crippen molar-refractivity contribution in [3.05, 3.63) is 12.2 Å². The molecule has 2 nitrogen and oxygen atoms in total. The predicted molar refractivity (Wildman–Crippen MR) is 103 cm³/mol. The maximum absolute atomic E-state index is 10.3. The quantitative estimate of drug-likeness (QED) is 0.271. The van der Waals surface area contributed by atoms with Crippen LogP contribution in [0.1, 0.15) is 96.8 Å². The molecule has 0 spiro atoms. The van der Waals surface area contributed by atoms with Gasteiger partial charge in [0.1, 0.15) is 0 Å². The number of carboxylic acid groups (broad SMARTS) is 1. The van der Waals surface area contributed by atoms with E-state index >= 15 is 0 Å². The molecule has 0 aromatic heterocycles. The number of unbranched alkanes of at least 4 members (excludes halogenated alkanes) is 11. The standard InChI is InChI=1S/C18H34O2.Mg.Na.3H/c1-2-3-4-5-6-7-8-9-10-11-12-13-14-15-16-17-18(19)20;;;;;/h9-10H,2-8,11-17H2,1H3,(H,19,20);;;;;/b10-9-;;;;;. The summed E-state index contributed by atoms with van der Waals surface area (Å²) in [5, 5.41) is 8.51. The monoisotopic (exact) mass is 332 g/mol. The van der Waals surface area contributed by atoms with Crippen LogP contribution in [0.2, 0.25) is 0 Å². The average molecular weight is 333 g/mol. The summed E-state index contributed by atoms with van der Waals surface area (Å²) in [6.07, 6.45) is 21.2. The van der Waals surface area contributed by atoms with Crippen molar-refractivity contribution in [2.45, 2.75) is 96.8 Å². The Bertz CT molecular complexity index is 245. The van der Waals surface area contributed by atoms with E-state index in [0.717, 1.165) is 12.8 Å². The van der Waals surface area contributed by atoms with Gasteiger partial charge in [-0.1, -0.05) is 70.4 Å². The van der Waals surface area contributed by atoms with Gasteiger partial charge in [-0.15, -0.1) is 0 Å². The van der Waals surface area contributed by atoms with E-state index in [-0.39, 0.29) is 52.6 Å². The van der Waals surface area contributed by atoms with Gasteiger partial charge in [0.2, 0.25) is 0 Å². The average Bonchev–Trinajstić information content (AvgIpc) is 2.43. The molecule has 0 heterocycles. The van der Waals surface area contributed by atoms with Crippen molar-refractivity contribution in [2.24, 2.45) is 0 Å². The van der Waals surface area contributed by atoms with Crippen LogP contribution < -0.4 is 0 Å². The Kier molecular flexibility index (Phi) is 30.6. The van der Waals surface area contributed by atoms with Crippen molar-refractivity contribution in [1.29, 1.82) is 0 Å². The topological polar surface area (TPSA) is 37.3 Å². The maximum atomic E-state index is 10.3. The molecule has 0 rings (SSSR count). The van der Waals surface area contributed by atoms with E-state index in [9.17, 15) is 4.79 Å². The molecule has 0 aliphatic carbocycles. The summed E-state index contributed by atoms with van der Waals surface area (Å²) in [6, 6.07) is 0. The first-order valence-corrected chi connectivity index (χ1v) is 8.64. The van der Waals surface area contributed by atoms with E-state index in [4.69, 9.17) is 5.11 Å². The number of carbonyl (C=O) groups is 1. The second-order valence-electron chi connectivity index (χ2n) is 5.73. The van der Waals surface area contributed by atoms with Crippen LogP contribution in [0.5, 0.6) is 0 Å². The number of hydrogen-bond donors (Lipinski definition) is 1. The van der Waals surface area contributed by atoms with Gasteiger partial charge in [-0.05, 0) is 32.1 Å². The number of hydrogen-bond acceptors (Lipinski definition) is 1. The minimum absolute atomic E-state index is 0. The molecule has 22 heavy (non-hydrogen) atoms. The molecule has 0 aromatic rings. The Balaban J connectivity index is -0.00000180. The van der Waals surface area contributed by atoms with Gasteiger partial charge in [0.25, 0.3) is 0 Å². The van der Waals surface area contributed by atoms with Gasteiger partial charge >= 0.3 is 58.6 Å². The van der Waals surface area contributed by atoms with Gasteiger partial charge in [0, 0.05) is 6.42 Å². The van der Waals surface area contributed by atoms with E-state index in [1.165, 1.54) is 70.6 Å². The summed E-state index contributed by atoms with van der Waals surface area (Å²) in [4.78, 5) is 10.3. The SMILES string of the molecule is CCCCCCCC/C=C\CCCCCCCC(=O)O.[MgH2].[NaH]. The third-order valence-electron chi connectivity index (χ3n) is 3.65. The summed E-state index contributed by atoms with van der Waals surface area (Å²) in [7, 11) is 0. The Labute approximate surface area is 176 Å². The minimum atomic E-state index is -0.664. The Morgan fingerprint density at radius 3 is 1.64 bits per heavy atom. The molecule has 0 amide bonds. The van der Waals surface area contributed by atoms with Crippen molar-refractivity contribution in [3.63, 3.8) is 0 Å². The van der Waals surface area contributed by atoms with Gasteiger partial charge in [0.15, 0.2) is 0 Å². The Morgan fingerprint density at radius 2 is 1.18 bits per heavy atom. The number of aliphatic carboxylic acids is 1. The van der Waals surface area contributed by atoms with E-state index in [2.05, 4.69) is 19.1 Å². The second-order valence-corrected chi connectivity index (χ2v) is 5.73. The van der Waals surface area contributed by atoms with Crippen molar-refractivity contribution in [3.8, 4) is 0 Å². The fourth-order valence-electron chi connectivity index (χ4n) is 2.35. The van der Waals surface area contributed by atoms with Crippen LogP contribution in [0.3, 0.4) is 0 Å². The van der Waals surface area contributed by atoms with Crippen LogP contribution in [0.4, 0.5) is 0 Å². The fraction of sp³-hybridized carbons (Fsp3) is 0.833. The van der Waals surface area contributed by atoms with Crippen molar-refractivity contribution in [1.82, 2.24) is 0 Å². The molecular formula is C18H37MgNaO2. The summed E-state index contributed by atoms with van der Waals surface area (Å²) < 4.78 is 0. The van der Waals surface area contributed by atoms with Crippen LogP contribution in [-0.2, 0) is 4.79 Å². The molecule has 0 saturated heterocycles. The molecule has 0 saturated carbocycles. The summed E-state index contributed by atoms with van der Waals surface area (Å²) >= 11 is 0. The molecule has 0 bridgehead atoms. The Hall–Kier alpha value is 0.976. The van der Waals surface area contributed by atoms with Crippen molar-refractivity contribution >= 4 is 58.6 Å². The molecule has 0 aliphatic rings. The zero-order chi connectivity index (χ0) is 14.9. The fourth-order valence-corrected chi connectivity index (χ4v) is 2.35. The summed E-state index contributed by atoms with van der Waals surface area (Å²) in [5.41, 5.74) is 0. The van der Waals surface area contributed by atoms with E-state index in [1.54, 1.807) is 0 Å². The molecule has 4 heteroatoms. The van der Waals surface area contributed by atoms with E-state index < -0.39 is 5.97 Å². The van der Waals surface area contributed by atoms with Crippen LogP contribution in [0.15, 0.2) is 12.2 Å². The van der Waals surface area contributed by atoms with Gasteiger partial charge in [-0.2, -0.15) is 0 Å². The summed E-state index contributed by atoms with van der Waals surface area (Å²) in [5.74, 6) is -0.664. The van der Waals surface area contributed by atoms with Crippen molar-refractivity contribution < 1.29 is 9.90 Å². The van der Waals surface area contributed by atoms with Crippen molar-refractivity contribution in [2.75, 3.05) is 0 Å². The third kappa shape index (κ3) is 25.9. The number of rotatable bonds is 15. The Morgan fingerprint density at radius 1 is 0.773 bits per heavy atom. The van der Waals surface area contributed by atoms with Gasteiger partial charge in [-0.3, -0.25) is 4.79 Å². The molecule has 0 unspecified atom stereocenters. The molecule has 0 atom stereocenters. The molecule has 0 aromatic carbocycles. The predicted octanol–water partition coefficient (Wildman–Crippen LogP) is 4.54. The first kappa shape index (κ1) is 27.8. The van der Waals surface area contributed by atoms with Gasteiger partial charge in [0.05, 0.1) is 0 Å². The third-order valence-corrected chi connectivity index (χ3v) is 3.65. The zero-order valence-corrected chi connectivity index (χ0v) is 13.4. The van der Waals surface area contributed by atoms with E-state index in [1.807, 2.05) is 0 Å². The van der Waals surface area contributed by atoms with Gasteiger partial charge < -0.3 is 5.11 Å². The normalized spacial score (nSPS) is 10.2. The van der Waals surface area contributed by atoms with Gasteiger partial charge in [-0.25, -0.2) is 0 Å². The molecule has 0 radical (unpaired) electrons. The number of carboxylic acids is 1. The number of allylic oxidation sites excluding steroid dienone is 2. The molecule has 0 fully saturated rings. The second kappa shape index (κ2) is 24.2. The first-order chi connectivity index (χ1) is 9.77. The zero-order valence-electron chi connectivity index (χ0n) is 13.4. The molecule has 1 N–H and O–H groups in total. The van der Waals surface area contributed by atoms with Crippen LogP contribution in [0, 0.1) is 0 Å². The van der Waals surface area contributed by atoms with Crippen LogP contribution in [-0.4, -0.2) is 63.7 Å². The molecule has 0 aliphatic heterocycles.